The van der Waals surface area contributed by atoms with Crippen molar-refractivity contribution in [1.29, 1.82) is 0 Å². The summed E-state index contributed by atoms with van der Waals surface area (Å²) in [6, 6.07) is 3.53. The van der Waals surface area contributed by atoms with Crippen molar-refractivity contribution in [2.75, 3.05) is 13.2 Å². The molecule has 0 spiro atoms. The molecule has 252 valence electrons. The molecule has 2 aromatic carbocycles. The maximum absolute atomic E-state index is 13.8. The van der Waals surface area contributed by atoms with Gasteiger partial charge in [0.1, 0.15) is 71.0 Å². The Morgan fingerprint density at radius 2 is 1.02 bits per heavy atom. The molecule has 2 aliphatic rings. The maximum Gasteiger partial charge on any atom is 0.159 e. The summed E-state index contributed by atoms with van der Waals surface area (Å²) in [5.41, 5.74) is -2.14. The Morgan fingerprint density at radius 1 is 0.617 bits per heavy atom. The molecule has 4 aromatic rings. The van der Waals surface area contributed by atoms with Crippen LogP contribution in [-0.2, 0) is 9.47 Å². The van der Waals surface area contributed by atoms with Gasteiger partial charge in [0.05, 0.1) is 25.6 Å². The maximum atomic E-state index is 13.8. The summed E-state index contributed by atoms with van der Waals surface area (Å²) in [6.07, 6.45) is -6.26. The fourth-order valence-electron chi connectivity index (χ4n) is 5.54. The van der Waals surface area contributed by atoms with E-state index in [1.807, 2.05) is 0 Å². The van der Waals surface area contributed by atoms with Crippen LogP contribution in [0.5, 0.6) is 0 Å². The molecule has 19 heteroatoms. The number of ether oxygens (including phenoxy) is 2. The highest BCUT2D eigenvalue weighted by molar-refractivity contribution is 8.00. The van der Waals surface area contributed by atoms with E-state index in [1.54, 1.807) is 0 Å². The van der Waals surface area contributed by atoms with Crippen molar-refractivity contribution in [3.63, 3.8) is 0 Å². The first kappa shape index (κ1) is 33.4. The highest BCUT2D eigenvalue weighted by Gasteiger charge is 2.51. The summed E-state index contributed by atoms with van der Waals surface area (Å²) in [7, 11) is 0. The third-order valence-corrected chi connectivity index (χ3v) is 9.34. The molecule has 0 radical (unpaired) electrons. The van der Waals surface area contributed by atoms with Crippen LogP contribution in [0.4, 0.5) is 17.6 Å². The standard InChI is InChI=1S/C28H28F4N6O8S/c29-13-3-1-11(5-15(13)31)17-7-37(35-33-17)21-23(41)19(9-39)45-27(25(21)43)47-28-26(44)22(24(42)20(10-40)46-28)38-8-18(34-36-38)12-2-4-14(30)16(32)6-12/h1-8,19-28,39-44H,9-10H2/t19-,20?,21?,22+,23?,24+,25-,26?,27?,28+/m1/s1. The molecule has 0 aliphatic carbocycles. The van der Waals surface area contributed by atoms with Crippen LogP contribution in [0.1, 0.15) is 12.1 Å². The second-order valence-corrected chi connectivity index (χ2v) is 12.2. The average Bonchev–Trinajstić information content (AvgIpc) is 3.74. The van der Waals surface area contributed by atoms with Gasteiger partial charge in [-0.3, -0.25) is 0 Å². The number of hydrogen-bond acceptors (Lipinski definition) is 13. The van der Waals surface area contributed by atoms with Gasteiger partial charge in [0.25, 0.3) is 0 Å². The van der Waals surface area contributed by atoms with E-state index in [1.165, 1.54) is 24.5 Å². The van der Waals surface area contributed by atoms with Gasteiger partial charge in [0.2, 0.25) is 0 Å². The molecule has 6 rings (SSSR count). The van der Waals surface area contributed by atoms with Gasteiger partial charge in [0.15, 0.2) is 23.3 Å². The van der Waals surface area contributed by atoms with E-state index < -0.39 is 96.1 Å². The lowest BCUT2D eigenvalue weighted by molar-refractivity contribution is -0.189. The smallest absolute Gasteiger partial charge is 0.159 e. The molecule has 4 heterocycles. The van der Waals surface area contributed by atoms with Gasteiger partial charge in [-0.15, -0.1) is 10.2 Å². The summed E-state index contributed by atoms with van der Waals surface area (Å²) in [4.78, 5) is 0. The molecule has 2 aliphatic heterocycles. The van der Waals surface area contributed by atoms with E-state index in [0.717, 1.165) is 33.6 Å². The second-order valence-electron chi connectivity index (χ2n) is 11.0. The lowest BCUT2D eigenvalue weighted by atomic mass is 9.97. The van der Waals surface area contributed by atoms with Crippen molar-refractivity contribution in [2.45, 2.75) is 59.6 Å². The van der Waals surface area contributed by atoms with Crippen molar-refractivity contribution in [1.82, 2.24) is 30.0 Å². The largest absolute Gasteiger partial charge is 0.394 e. The van der Waals surface area contributed by atoms with Crippen molar-refractivity contribution in [2.24, 2.45) is 0 Å². The van der Waals surface area contributed by atoms with Gasteiger partial charge in [-0.05, 0) is 36.4 Å². The SMILES string of the molecule is OCC1O[C@@H](SC2O[C@H](CO)C(O)C(n3cc(-c4ccc(F)c(F)c4)nn3)[C@H]2O)C(O)[C@@H](n2cc(-c3ccc(F)c(F)c3)nn2)[C@H]1O. The lowest BCUT2D eigenvalue weighted by Gasteiger charge is -2.46. The third kappa shape index (κ3) is 6.37. The van der Waals surface area contributed by atoms with Crippen LogP contribution >= 0.6 is 11.8 Å². The molecule has 14 nitrogen and oxygen atoms in total. The molecule has 10 atom stereocenters. The molecule has 6 N–H and O–H groups in total. The van der Waals surface area contributed by atoms with Gasteiger partial charge in [-0.2, -0.15) is 0 Å². The number of nitrogens with zero attached hydrogens (tertiary/aromatic N) is 6. The summed E-state index contributed by atoms with van der Waals surface area (Å²) in [5, 5.41) is 80.3. The second kappa shape index (κ2) is 13.5. The molecule has 2 fully saturated rings. The van der Waals surface area contributed by atoms with E-state index in [2.05, 4.69) is 20.6 Å². The van der Waals surface area contributed by atoms with Crippen LogP contribution < -0.4 is 0 Å². The molecule has 0 saturated carbocycles. The van der Waals surface area contributed by atoms with Crippen molar-refractivity contribution in [3.05, 3.63) is 72.1 Å². The van der Waals surface area contributed by atoms with Crippen molar-refractivity contribution >= 4 is 11.8 Å². The van der Waals surface area contributed by atoms with E-state index in [0.29, 0.717) is 11.8 Å². The summed E-state index contributed by atoms with van der Waals surface area (Å²) in [5.74, 6) is -4.39. The van der Waals surface area contributed by atoms with Crippen molar-refractivity contribution in [3.8, 4) is 22.5 Å². The Kier molecular flexibility index (Phi) is 9.61. The van der Waals surface area contributed by atoms with E-state index in [-0.39, 0.29) is 22.5 Å². The summed E-state index contributed by atoms with van der Waals surface area (Å²) in [6.45, 7) is -1.40. The summed E-state index contributed by atoms with van der Waals surface area (Å²) < 4.78 is 68.2. The van der Waals surface area contributed by atoms with Gasteiger partial charge in [0, 0.05) is 11.1 Å². The number of aliphatic hydroxyl groups excluding tert-OH is 6. The molecule has 0 bridgehead atoms. The predicted octanol–water partition coefficient (Wildman–Crippen LogP) is 0.154. The number of thioether (sulfide) groups is 1. The molecule has 47 heavy (non-hydrogen) atoms. The van der Waals surface area contributed by atoms with Crippen LogP contribution in [0.15, 0.2) is 48.8 Å². The van der Waals surface area contributed by atoms with E-state index in [4.69, 9.17) is 9.47 Å². The van der Waals surface area contributed by atoms with E-state index >= 15 is 0 Å². The number of aliphatic hydroxyl groups is 6. The van der Waals surface area contributed by atoms with Crippen LogP contribution in [0.3, 0.4) is 0 Å². The normalized spacial score (nSPS) is 31.3. The lowest BCUT2D eigenvalue weighted by Crippen LogP contribution is -2.58. The number of rotatable bonds is 8. The molecule has 2 saturated heterocycles. The zero-order valence-corrected chi connectivity index (χ0v) is 24.7. The fraction of sp³-hybridized carbons (Fsp3) is 0.429. The highest BCUT2D eigenvalue weighted by Crippen LogP contribution is 2.42. The Hall–Kier alpha value is -3.53. The average molecular weight is 685 g/mol. The Morgan fingerprint density at radius 3 is 1.38 bits per heavy atom. The number of halogens is 4. The molecular formula is C28H28F4N6O8S. The van der Waals surface area contributed by atoms with Gasteiger partial charge in [-0.25, -0.2) is 26.9 Å². The van der Waals surface area contributed by atoms with Gasteiger partial charge in [-0.1, -0.05) is 22.2 Å². The molecule has 2 aromatic heterocycles. The minimum atomic E-state index is -1.60. The van der Waals surface area contributed by atoms with Gasteiger partial charge >= 0.3 is 0 Å². The fourth-order valence-corrected chi connectivity index (χ4v) is 6.86. The Balaban J connectivity index is 1.25. The molecule has 0 amide bonds. The van der Waals surface area contributed by atoms with E-state index in [9.17, 15) is 48.2 Å². The van der Waals surface area contributed by atoms with Crippen LogP contribution in [0.25, 0.3) is 22.5 Å². The number of hydrogen-bond donors (Lipinski definition) is 6. The Bertz CT molecular complexity index is 1600. The van der Waals surface area contributed by atoms with Crippen LogP contribution in [-0.4, -0.2) is 121 Å². The zero-order valence-electron chi connectivity index (χ0n) is 23.9. The number of aromatic nitrogens is 6. The summed E-state index contributed by atoms with van der Waals surface area (Å²) >= 11 is 0.716. The minimum absolute atomic E-state index is 0.0868. The topological polar surface area (TPSA) is 201 Å². The van der Waals surface area contributed by atoms with Crippen LogP contribution in [0, 0.1) is 23.3 Å². The first-order valence-electron chi connectivity index (χ1n) is 14.2. The minimum Gasteiger partial charge on any atom is -0.394 e. The quantitative estimate of drug-likeness (QED) is 0.137. The highest BCUT2D eigenvalue weighted by atomic mass is 32.2. The predicted molar refractivity (Wildman–Crippen MR) is 152 cm³/mol. The third-order valence-electron chi connectivity index (χ3n) is 8.03. The molecule has 5 unspecified atom stereocenters. The first-order valence-corrected chi connectivity index (χ1v) is 15.1. The first-order chi connectivity index (χ1) is 22.5. The Labute approximate surface area is 266 Å². The van der Waals surface area contributed by atoms with Crippen LogP contribution in [0.2, 0.25) is 0 Å². The van der Waals surface area contributed by atoms with Gasteiger partial charge < -0.3 is 40.1 Å². The zero-order chi connectivity index (χ0) is 33.6. The monoisotopic (exact) mass is 684 g/mol. The van der Waals surface area contributed by atoms with Crippen molar-refractivity contribution < 1.29 is 57.7 Å². The molecular weight excluding hydrogens is 656 g/mol. The number of benzene rings is 2.